The molecular weight excluding hydrogens is 629 g/mol. The van der Waals surface area contributed by atoms with Crippen LogP contribution in [0, 0.1) is 17.3 Å². The summed E-state index contributed by atoms with van der Waals surface area (Å²) < 4.78 is 72.1. The van der Waals surface area contributed by atoms with Gasteiger partial charge in [-0.25, -0.2) is 0 Å². The van der Waals surface area contributed by atoms with Crippen molar-refractivity contribution in [3.05, 3.63) is 88.3 Å². The van der Waals surface area contributed by atoms with E-state index in [9.17, 15) is 27.9 Å². The number of alkyl halides is 5. The van der Waals surface area contributed by atoms with Gasteiger partial charge in [-0.05, 0) is 97.4 Å². The van der Waals surface area contributed by atoms with Crippen LogP contribution in [-0.4, -0.2) is 75.5 Å². The van der Waals surface area contributed by atoms with E-state index >= 15 is 8.78 Å². The Balaban J connectivity index is 1.18. The van der Waals surface area contributed by atoms with Gasteiger partial charge in [-0.1, -0.05) is 30.7 Å². The monoisotopic (exact) mass is 669 g/mol. The molecule has 1 saturated heterocycles. The van der Waals surface area contributed by atoms with Gasteiger partial charge in [0, 0.05) is 62.2 Å². The minimum Gasteiger partial charge on any atom is -0.383 e. The van der Waals surface area contributed by atoms with Crippen molar-refractivity contribution in [3.8, 4) is 0 Å². The number of hydrogen-bond acceptors (Lipinski definition) is 5. The average Bonchev–Trinajstić information content (AvgIpc) is 3.35. The smallest absolute Gasteiger partial charge is 0.383 e. The van der Waals surface area contributed by atoms with Gasteiger partial charge in [-0.3, -0.25) is 19.5 Å². The van der Waals surface area contributed by atoms with Gasteiger partial charge >= 0.3 is 12.1 Å². The van der Waals surface area contributed by atoms with Crippen LogP contribution in [0.2, 0.25) is 0 Å². The fourth-order valence-corrected chi connectivity index (χ4v) is 9.58. The minimum atomic E-state index is -5.90. The molecule has 11 heteroatoms. The zero-order chi connectivity index (χ0) is 34.1. The third-order valence-electron chi connectivity index (χ3n) is 12.1. The van der Waals surface area contributed by atoms with E-state index in [0.717, 1.165) is 22.4 Å². The highest BCUT2D eigenvalue weighted by Crippen LogP contribution is 2.70. The van der Waals surface area contributed by atoms with E-state index < -0.39 is 41.4 Å². The summed E-state index contributed by atoms with van der Waals surface area (Å²) in [6, 6.07) is 12.8. The standard InChI is InChI=1S/C37H40F5N3O3/c1-34-21-30(23-5-7-24(8-6-23)33(47)45-18-16-44(17-19-45)22-26-4-2-3-15-43-26)32-28-12-10-27(46)20-25(28)9-11-29(32)31(34)13-14-35(34,48)36(38,39)37(40,41)42/h2-8,15,20,29-31,48H,9-14,16-19,21-22H2,1H3/t29-,30+,31-,34-,35-/m0/s1. The van der Waals surface area contributed by atoms with E-state index in [1.807, 2.05) is 18.2 Å². The molecule has 1 aromatic carbocycles. The maximum absolute atomic E-state index is 15.3. The quantitative estimate of drug-likeness (QED) is 0.352. The highest BCUT2D eigenvalue weighted by atomic mass is 19.4. The predicted octanol–water partition coefficient (Wildman–Crippen LogP) is 6.87. The molecule has 5 atom stereocenters. The fourth-order valence-electron chi connectivity index (χ4n) is 9.58. The molecule has 256 valence electrons. The van der Waals surface area contributed by atoms with E-state index in [0.29, 0.717) is 69.5 Å². The molecule has 2 heterocycles. The molecule has 3 fully saturated rings. The molecule has 1 N–H and O–H groups in total. The maximum Gasteiger partial charge on any atom is 0.456 e. The van der Waals surface area contributed by atoms with Gasteiger partial charge in [0.1, 0.15) is 5.60 Å². The van der Waals surface area contributed by atoms with Crippen LogP contribution in [0.15, 0.2) is 71.5 Å². The number of carbonyl (C=O) groups excluding carboxylic acids is 2. The van der Waals surface area contributed by atoms with Gasteiger partial charge < -0.3 is 10.0 Å². The van der Waals surface area contributed by atoms with Crippen LogP contribution < -0.4 is 0 Å². The third-order valence-corrected chi connectivity index (χ3v) is 12.1. The number of fused-ring (bicyclic) bond motifs is 4. The molecule has 48 heavy (non-hydrogen) atoms. The summed E-state index contributed by atoms with van der Waals surface area (Å²) in [5, 5.41) is 11.5. The van der Waals surface area contributed by atoms with Crippen molar-refractivity contribution >= 4 is 11.7 Å². The Morgan fingerprint density at radius 3 is 2.38 bits per heavy atom. The van der Waals surface area contributed by atoms with Gasteiger partial charge in [0.2, 0.25) is 0 Å². The van der Waals surface area contributed by atoms with E-state index in [1.165, 1.54) is 6.92 Å². The van der Waals surface area contributed by atoms with E-state index in [-0.39, 0.29) is 30.4 Å². The lowest BCUT2D eigenvalue weighted by atomic mass is 9.50. The number of allylic oxidation sites excluding steroid dienone is 4. The number of aliphatic hydroxyl groups is 1. The zero-order valence-electron chi connectivity index (χ0n) is 26.9. The molecule has 1 aliphatic heterocycles. The van der Waals surface area contributed by atoms with Crippen molar-refractivity contribution in [1.29, 1.82) is 0 Å². The number of rotatable bonds is 5. The molecule has 2 aromatic rings. The van der Waals surface area contributed by atoms with Gasteiger partial charge in [-0.2, -0.15) is 22.0 Å². The predicted molar refractivity (Wildman–Crippen MR) is 168 cm³/mol. The van der Waals surface area contributed by atoms with Gasteiger partial charge in [-0.15, -0.1) is 0 Å². The Labute approximate surface area is 276 Å². The second-order valence-electron chi connectivity index (χ2n) is 14.5. The summed E-state index contributed by atoms with van der Waals surface area (Å²) in [5.41, 5.74) is 0.109. The zero-order valence-corrected chi connectivity index (χ0v) is 26.9. The number of halogens is 5. The maximum atomic E-state index is 15.3. The number of ketones is 1. The Bertz CT molecular complexity index is 1650. The average molecular weight is 670 g/mol. The number of carbonyl (C=O) groups is 2. The molecule has 2 saturated carbocycles. The minimum absolute atomic E-state index is 0.0329. The molecule has 1 amide bonds. The van der Waals surface area contributed by atoms with Crippen molar-refractivity contribution in [1.82, 2.24) is 14.8 Å². The lowest BCUT2D eigenvalue weighted by Gasteiger charge is -2.56. The van der Waals surface area contributed by atoms with Crippen molar-refractivity contribution in [2.24, 2.45) is 17.3 Å². The molecular formula is C37H40F5N3O3. The van der Waals surface area contributed by atoms with E-state index in [1.54, 1.807) is 41.4 Å². The number of hydrogen-bond donors (Lipinski definition) is 1. The van der Waals surface area contributed by atoms with E-state index in [2.05, 4.69) is 9.88 Å². The Hall–Kier alpha value is -3.44. The molecule has 5 aliphatic rings. The molecule has 1 aromatic heterocycles. The number of benzene rings is 1. The van der Waals surface area contributed by atoms with Crippen LogP contribution in [0.25, 0.3) is 0 Å². The molecule has 7 rings (SSSR count). The highest BCUT2D eigenvalue weighted by molar-refractivity contribution is 5.94. The van der Waals surface area contributed by atoms with Crippen molar-refractivity contribution in [3.63, 3.8) is 0 Å². The SMILES string of the molecule is C[C@]12C[C@H](c3ccc(C(=O)N4CCN(Cc5ccccn5)CC4)cc3)C3=C4CCC(=O)C=C4CC[C@H]3[C@@H]1CC[C@@]2(O)C(F)(F)C(F)(F)F. The van der Waals surface area contributed by atoms with Crippen LogP contribution in [-0.2, 0) is 11.3 Å². The highest BCUT2D eigenvalue weighted by Gasteiger charge is 2.79. The van der Waals surface area contributed by atoms with Crippen molar-refractivity contribution < 1.29 is 36.6 Å². The Morgan fingerprint density at radius 1 is 0.979 bits per heavy atom. The number of nitrogens with zero attached hydrogens (tertiary/aromatic N) is 3. The second-order valence-corrected chi connectivity index (χ2v) is 14.5. The first kappa shape index (κ1) is 33.1. The normalized spacial score (nSPS) is 31.2. The summed E-state index contributed by atoms with van der Waals surface area (Å²) in [4.78, 5) is 34.3. The van der Waals surface area contributed by atoms with Crippen LogP contribution in [0.5, 0.6) is 0 Å². The topological polar surface area (TPSA) is 73.7 Å². The number of aromatic nitrogens is 1. The van der Waals surface area contributed by atoms with Gasteiger partial charge in [0.05, 0.1) is 5.69 Å². The molecule has 0 spiro atoms. The summed E-state index contributed by atoms with van der Waals surface area (Å²) in [5.74, 6) is -6.78. The van der Waals surface area contributed by atoms with Crippen LogP contribution in [0.3, 0.4) is 0 Å². The van der Waals surface area contributed by atoms with Gasteiger partial charge in [0.25, 0.3) is 5.91 Å². The van der Waals surface area contributed by atoms with Crippen LogP contribution in [0.4, 0.5) is 22.0 Å². The first-order valence-electron chi connectivity index (χ1n) is 16.9. The second kappa shape index (κ2) is 11.9. The Kier molecular flexibility index (Phi) is 8.17. The largest absolute Gasteiger partial charge is 0.456 e. The fraction of sp³-hybridized carbons (Fsp3) is 0.541. The first-order chi connectivity index (χ1) is 22.7. The summed E-state index contributed by atoms with van der Waals surface area (Å²) in [6.45, 7) is 4.61. The summed E-state index contributed by atoms with van der Waals surface area (Å²) in [6.07, 6.45) is -1.26. The molecule has 4 aliphatic carbocycles. The van der Waals surface area contributed by atoms with Crippen LogP contribution in [0.1, 0.15) is 79.4 Å². The number of amides is 1. The molecule has 0 radical (unpaired) electrons. The first-order valence-corrected chi connectivity index (χ1v) is 16.9. The lowest BCUT2D eigenvalue weighted by molar-refractivity contribution is -0.362. The van der Waals surface area contributed by atoms with Crippen molar-refractivity contribution in [2.45, 2.75) is 82.0 Å². The lowest BCUT2D eigenvalue weighted by Crippen LogP contribution is -2.65. The third kappa shape index (κ3) is 5.23. The number of piperazine rings is 1. The molecule has 0 unspecified atom stereocenters. The summed E-state index contributed by atoms with van der Waals surface area (Å²) >= 11 is 0. The summed E-state index contributed by atoms with van der Waals surface area (Å²) in [7, 11) is 0. The Morgan fingerprint density at radius 2 is 1.71 bits per heavy atom. The molecule has 0 bridgehead atoms. The van der Waals surface area contributed by atoms with Gasteiger partial charge in [0.15, 0.2) is 5.78 Å². The van der Waals surface area contributed by atoms with Crippen LogP contribution >= 0.6 is 0 Å². The molecule has 6 nitrogen and oxygen atoms in total. The number of pyridine rings is 1. The van der Waals surface area contributed by atoms with E-state index in [4.69, 9.17) is 0 Å². The van der Waals surface area contributed by atoms with Crippen molar-refractivity contribution in [2.75, 3.05) is 26.2 Å².